The minimum atomic E-state index is 0.344. The van der Waals surface area contributed by atoms with Crippen molar-refractivity contribution in [2.24, 2.45) is 5.41 Å². The van der Waals surface area contributed by atoms with E-state index >= 15 is 0 Å². The second-order valence-electron chi connectivity index (χ2n) is 5.46. The molecule has 14 heavy (non-hydrogen) atoms. The normalized spacial score (nSPS) is 30.6. The van der Waals surface area contributed by atoms with Gasteiger partial charge in [-0.2, -0.15) is 0 Å². The average molecular weight is 199 g/mol. The van der Waals surface area contributed by atoms with Gasteiger partial charge in [0.1, 0.15) is 0 Å². The van der Waals surface area contributed by atoms with Crippen LogP contribution in [0, 0.1) is 5.41 Å². The first-order valence-corrected chi connectivity index (χ1v) is 5.82. The summed E-state index contributed by atoms with van der Waals surface area (Å²) in [6.45, 7) is 12.2. The molecule has 2 nitrogen and oxygen atoms in total. The van der Waals surface area contributed by atoms with Crippen LogP contribution in [0.5, 0.6) is 0 Å². The maximum Gasteiger partial charge on any atom is 0.0700 e. The molecule has 3 atom stereocenters. The average Bonchev–Trinajstić information content (AvgIpc) is 2.45. The monoisotopic (exact) mass is 199 g/mol. The van der Waals surface area contributed by atoms with Crippen LogP contribution in [0.15, 0.2) is 0 Å². The van der Waals surface area contributed by atoms with Gasteiger partial charge in [0.25, 0.3) is 0 Å². The fourth-order valence-corrected chi connectivity index (χ4v) is 2.19. The van der Waals surface area contributed by atoms with E-state index in [0.717, 1.165) is 13.0 Å². The van der Waals surface area contributed by atoms with Crippen molar-refractivity contribution < 1.29 is 4.74 Å². The molecule has 1 rings (SSSR count). The molecule has 1 heterocycles. The van der Waals surface area contributed by atoms with Crippen LogP contribution in [0.3, 0.4) is 0 Å². The van der Waals surface area contributed by atoms with Crippen LogP contribution in [-0.4, -0.2) is 24.8 Å². The second kappa shape index (κ2) is 4.63. The number of hydrogen-bond donors (Lipinski definition) is 1. The molecular weight excluding hydrogens is 174 g/mol. The Morgan fingerprint density at radius 2 is 2.07 bits per heavy atom. The maximum atomic E-state index is 5.56. The molecule has 0 aromatic heterocycles. The summed E-state index contributed by atoms with van der Waals surface area (Å²) in [5.74, 6) is 0. The summed E-state index contributed by atoms with van der Waals surface area (Å²) in [4.78, 5) is 0. The van der Waals surface area contributed by atoms with E-state index < -0.39 is 0 Å². The van der Waals surface area contributed by atoms with Crippen LogP contribution >= 0.6 is 0 Å². The SMILES string of the molecule is CCC(NC1CCOC1C)C(C)(C)C. The Hall–Kier alpha value is -0.0800. The Labute approximate surface area is 88.4 Å². The third-order valence-electron chi connectivity index (χ3n) is 3.25. The van der Waals surface area contributed by atoms with Crippen molar-refractivity contribution in [2.45, 2.75) is 65.6 Å². The van der Waals surface area contributed by atoms with Crippen molar-refractivity contribution >= 4 is 0 Å². The molecule has 0 spiro atoms. The van der Waals surface area contributed by atoms with Crippen molar-refractivity contribution in [1.29, 1.82) is 0 Å². The van der Waals surface area contributed by atoms with Gasteiger partial charge in [0.05, 0.1) is 6.10 Å². The minimum absolute atomic E-state index is 0.344. The number of rotatable bonds is 3. The van der Waals surface area contributed by atoms with E-state index in [4.69, 9.17) is 4.74 Å². The molecule has 1 aliphatic heterocycles. The third-order valence-corrected chi connectivity index (χ3v) is 3.25. The molecular formula is C12H25NO. The lowest BCUT2D eigenvalue weighted by Gasteiger charge is -2.34. The predicted molar refractivity (Wildman–Crippen MR) is 60.5 cm³/mol. The van der Waals surface area contributed by atoms with Crippen LogP contribution in [0.25, 0.3) is 0 Å². The molecule has 0 aromatic carbocycles. The van der Waals surface area contributed by atoms with Crippen molar-refractivity contribution in [3.8, 4) is 0 Å². The molecule has 1 fully saturated rings. The lowest BCUT2D eigenvalue weighted by molar-refractivity contribution is 0.104. The lowest BCUT2D eigenvalue weighted by atomic mass is 9.84. The molecule has 1 aliphatic rings. The molecule has 0 aliphatic carbocycles. The summed E-state index contributed by atoms with van der Waals surface area (Å²) in [6.07, 6.45) is 2.73. The van der Waals surface area contributed by atoms with Crippen LogP contribution in [0.4, 0.5) is 0 Å². The van der Waals surface area contributed by atoms with Crippen molar-refractivity contribution in [3.63, 3.8) is 0 Å². The van der Waals surface area contributed by atoms with Crippen LogP contribution in [0.1, 0.15) is 47.5 Å². The fraction of sp³-hybridized carbons (Fsp3) is 1.00. The summed E-state index contributed by atoms with van der Waals surface area (Å²) >= 11 is 0. The molecule has 2 heteroatoms. The van der Waals surface area contributed by atoms with E-state index in [1.807, 2.05) is 0 Å². The largest absolute Gasteiger partial charge is 0.377 e. The molecule has 0 aromatic rings. The molecule has 0 saturated carbocycles. The highest BCUT2D eigenvalue weighted by Gasteiger charge is 2.30. The molecule has 84 valence electrons. The Balaban J connectivity index is 2.48. The smallest absolute Gasteiger partial charge is 0.0700 e. The zero-order valence-electron chi connectivity index (χ0n) is 10.3. The van der Waals surface area contributed by atoms with Gasteiger partial charge in [-0.25, -0.2) is 0 Å². The van der Waals surface area contributed by atoms with Crippen LogP contribution in [-0.2, 0) is 4.74 Å². The van der Waals surface area contributed by atoms with E-state index in [9.17, 15) is 0 Å². The first kappa shape index (κ1) is 12.0. The van der Waals surface area contributed by atoms with Crippen molar-refractivity contribution in [1.82, 2.24) is 5.32 Å². The van der Waals surface area contributed by atoms with Gasteiger partial charge in [-0.05, 0) is 25.2 Å². The van der Waals surface area contributed by atoms with Gasteiger partial charge in [0.15, 0.2) is 0 Å². The second-order valence-corrected chi connectivity index (χ2v) is 5.46. The topological polar surface area (TPSA) is 21.3 Å². The van der Waals surface area contributed by atoms with Gasteiger partial charge in [-0.3, -0.25) is 0 Å². The summed E-state index contributed by atoms with van der Waals surface area (Å²) < 4.78 is 5.56. The molecule has 3 unspecified atom stereocenters. The first-order valence-electron chi connectivity index (χ1n) is 5.82. The highest BCUT2D eigenvalue weighted by atomic mass is 16.5. The number of hydrogen-bond acceptors (Lipinski definition) is 2. The number of ether oxygens (including phenoxy) is 1. The first-order chi connectivity index (χ1) is 6.45. The van der Waals surface area contributed by atoms with Crippen LogP contribution < -0.4 is 5.32 Å². The summed E-state index contributed by atoms with van der Waals surface area (Å²) in [5.41, 5.74) is 0.344. The quantitative estimate of drug-likeness (QED) is 0.754. The molecule has 0 bridgehead atoms. The van der Waals surface area contributed by atoms with Gasteiger partial charge in [-0.1, -0.05) is 27.7 Å². The van der Waals surface area contributed by atoms with E-state index in [1.165, 1.54) is 6.42 Å². The Kier molecular flexibility index (Phi) is 3.96. The summed E-state index contributed by atoms with van der Waals surface area (Å²) in [6, 6.07) is 1.15. The highest BCUT2D eigenvalue weighted by Crippen LogP contribution is 2.24. The van der Waals surface area contributed by atoms with Gasteiger partial charge in [-0.15, -0.1) is 0 Å². The van der Waals surface area contributed by atoms with E-state index in [0.29, 0.717) is 23.6 Å². The zero-order valence-corrected chi connectivity index (χ0v) is 10.3. The van der Waals surface area contributed by atoms with Crippen molar-refractivity contribution in [3.05, 3.63) is 0 Å². The summed E-state index contributed by atoms with van der Waals surface area (Å²) in [5, 5.41) is 3.73. The fourth-order valence-electron chi connectivity index (χ4n) is 2.19. The minimum Gasteiger partial charge on any atom is -0.377 e. The maximum absolute atomic E-state index is 5.56. The Bertz CT molecular complexity index is 174. The summed E-state index contributed by atoms with van der Waals surface area (Å²) in [7, 11) is 0. The zero-order chi connectivity index (χ0) is 10.8. The van der Waals surface area contributed by atoms with Gasteiger partial charge in [0.2, 0.25) is 0 Å². The highest BCUT2D eigenvalue weighted by molar-refractivity contribution is 4.87. The van der Waals surface area contributed by atoms with Crippen LogP contribution in [0.2, 0.25) is 0 Å². The molecule has 0 radical (unpaired) electrons. The predicted octanol–water partition coefficient (Wildman–Crippen LogP) is 2.58. The molecule has 0 amide bonds. The van der Waals surface area contributed by atoms with E-state index in [1.54, 1.807) is 0 Å². The Morgan fingerprint density at radius 1 is 1.43 bits per heavy atom. The Morgan fingerprint density at radius 3 is 2.43 bits per heavy atom. The lowest BCUT2D eigenvalue weighted by Crippen LogP contribution is -2.47. The van der Waals surface area contributed by atoms with Gasteiger partial charge < -0.3 is 10.1 Å². The number of nitrogens with one attached hydrogen (secondary N) is 1. The van der Waals surface area contributed by atoms with Gasteiger partial charge >= 0.3 is 0 Å². The van der Waals surface area contributed by atoms with E-state index in [2.05, 4.69) is 39.9 Å². The third kappa shape index (κ3) is 2.96. The van der Waals surface area contributed by atoms with E-state index in [-0.39, 0.29) is 0 Å². The van der Waals surface area contributed by atoms with Crippen molar-refractivity contribution in [2.75, 3.05) is 6.61 Å². The standard InChI is InChI=1S/C12H25NO/c1-6-11(12(3,4)5)13-10-7-8-14-9(10)2/h9-11,13H,6-8H2,1-5H3. The molecule has 1 N–H and O–H groups in total. The van der Waals surface area contributed by atoms with Gasteiger partial charge in [0, 0.05) is 18.7 Å². The molecule has 1 saturated heterocycles.